The van der Waals surface area contributed by atoms with Crippen molar-refractivity contribution < 1.29 is 8.78 Å². The van der Waals surface area contributed by atoms with Crippen LogP contribution in [0.25, 0.3) is 0 Å². The quantitative estimate of drug-likeness (QED) is 0.809. The van der Waals surface area contributed by atoms with Crippen molar-refractivity contribution in [1.29, 1.82) is 0 Å². The summed E-state index contributed by atoms with van der Waals surface area (Å²) in [6.45, 7) is 6.13. The van der Waals surface area contributed by atoms with Crippen LogP contribution in [0.5, 0.6) is 0 Å². The first-order valence-corrected chi connectivity index (χ1v) is 7.28. The van der Waals surface area contributed by atoms with Crippen LogP contribution in [0, 0.1) is 18.6 Å². The van der Waals surface area contributed by atoms with Crippen molar-refractivity contribution in [3.63, 3.8) is 0 Å². The number of hydrogen-bond acceptors (Lipinski definition) is 1. The van der Waals surface area contributed by atoms with Gasteiger partial charge in [0.2, 0.25) is 0 Å². The normalized spacial score (nSPS) is 14.0. The van der Waals surface area contributed by atoms with Crippen LogP contribution in [0.2, 0.25) is 0 Å². The zero-order valence-corrected chi connectivity index (χ0v) is 12.7. The minimum Gasteiger partial charge on any atom is -0.303 e. The number of nitrogens with one attached hydrogen (secondary N) is 1. The Hall–Kier alpha value is -1.74. The van der Waals surface area contributed by atoms with E-state index < -0.39 is 11.6 Å². The molecular formula is C18H21F2N. The van der Waals surface area contributed by atoms with E-state index in [1.54, 1.807) is 6.07 Å². The zero-order chi connectivity index (χ0) is 15.4. The van der Waals surface area contributed by atoms with Gasteiger partial charge in [0.1, 0.15) is 0 Å². The smallest absolute Gasteiger partial charge is 0.159 e. The van der Waals surface area contributed by atoms with Gasteiger partial charge in [0.15, 0.2) is 11.6 Å². The van der Waals surface area contributed by atoms with Crippen LogP contribution in [0.15, 0.2) is 42.5 Å². The van der Waals surface area contributed by atoms with E-state index in [1.165, 1.54) is 23.3 Å². The van der Waals surface area contributed by atoms with E-state index in [0.29, 0.717) is 0 Å². The highest BCUT2D eigenvalue weighted by atomic mass is 19.2. The molecule has 1 nitrogen and oxygen atoms in total. The highest BCUT2D eigenvalue weighted by Gasteiger charge is 2.15. The molecule has 0 spiro atoms. The van der Waals surface area contributed by atoms with Crippen LogP contribution < -0.4 is 5.32 Å². The van der Waals surface area contributed by atoms with Crippen LogP contribution in [0.1, 0.15) is 49.0 Å². The summed E-state index contributed by atoms with van der Waals surface area (Å²) < 4.78 is 26.3. The fourth-order valence-corrected chi connectivity index (χ4v) is 2.43. The van der Waals surface area contributed by atoms with Crippen LogP contribution >= 0.6 is 0 Å². The first-order chi connectivity index (χ1) is 10.0. The maximum Gasteiger partial charge on any atom is 0.159 e. The maximum absolute atomic E-state index is 13.3. The average Bonchev–Trinajstić information content (AvgIpc) is 2.48. The molecule has 0 aromatic heterocycles. The van der Waals surface area contributed by atoms with E-state index in [2.05, 4.69) is 43.4 Å². The summed E-state index contributed by atoms with van der Waals surface area (Å²) in [7, 11) is 0. The summed E-state index contributed by atoms with van der Waals surface area (Å²) in [6, 6.07) is 12.6. The van der Waals surface area contributed by atoms with Gasteiger partial charge in [0, 0.05) is 12.1 Å². The summed E-state index contributed by atoms with van der Waals surface area (Å²) in [6.07, 6.45) is 0.928. The van der Waals surface area contributed by atoms with E-state index in [0.717, 1.165) is 12.0 Å². The molecule has 21 heavy (non-hydrogen) atoms. The van der Waals surface area contributed by atoms with Gasteiger partial charge in [-0.15, -0.1) is 0 Å². The third-order valence-electron chi connectivity index (χ3n) is 3.78. The van der Waals surface area contributed by atoms with Crippen molar-refractivity contribution in [2.24, 2.45) is 0 Å². The van der Waals surface area contributed by atoms with Crippen LogP contribution in [-0.2, 0) is 0 Å². The van der Waals surface area contributed by atoms with Crippen molar-refractivity contribution in [3.8, 4) is 0 Å². The van der Waals surface area contributed by atoms with Crippen molar-refractivity contribution in [1.82, 2.24) is 5.32 Å². The molecule has 0 saturated heterocycles. The van der Waals surface area contributed by atoms with Gasteiger partial charge in [-0.3, -0.25) is 0 Å². The molecule has 0 aliphatic rings. The lowest BCUT2D eigenvalue weighted by Gasteiger charge is -2.23. The van der Waals surface area contributed by atoms with Gasteiger partial charge < -0.3 is 5.32 Å². The molecule has 0 aliphatic carbocycles. The molecule has 2 aromatic carbocycles. The second-order valence-corrected chi connectivity index (χ2v) is 5.43. The molecule has 0 saturated carbocycles. The molecule has 2 unspecified atom stereocenters. The summed E-state index contributed by atoms with van der Waals surface area (Å²) in [5, 5.41) is 3.48. The van der Waals surface area contributed by atoms with Crippen molar-refractivity contribution in [2.45, 2.75) is 39.3 Å². The minimum atomic E-state index is -0.809. The lowest BCUT2D eigenvalue weighted by atomic mass is 10.0. The molecule has 2 aromatic rings. The number of benzene rings is 2. The van der Waals surface area contributed by atoms with Gasteiger partial charge in [-0.1, -0.05) is 42.8 Å². The molecular weight excluding hydrogens is 268 g/mol. The van der Waals surface area contributed by atoms with E-state index in [4.69, 9.17) is 0 Å². The van der Waals surface area contributed by atoms with E-state index in [-0.39, 0.29) is 12.1 Å². The Morgan fingerprint density at radius 2 is 1.57 bits per heavy atom. The zero-order valence-electron chi connectivity index (χ0n) is 12.7. The predicted molar refractivity (Wildman–Crippen MR) is 82.1 cm³/mol. The summed E-state index contributed by atoms with van der Waals surface area (Å²) in [5.41, 5.74) is 3.18. The Morgan fingerprint density at radius 1 is 0.952 bits per heavy atom. The van der Waals surface area contributed by atoms with Crippen molar-refractivity contribution in [2.75, 3.05) is 0 Å². The molecule has 0 heterocycles. The molecule has 1 N–H and O–H groups in total. The Labute approximate surface area is 125 Å². The SMILES string of the molecule is CCC(NC(C)c1ccc(F)c(F)c1)c1ccc(C)cc1. The first-order valence-electron chi connectivity index (χ1n) is 7.28. The predicted octanol–water partition coefficient (Wildman–Crippen LogP) is 5.08. The molecule has 3 heteroatoms. The Morgan fingerprint density at radius 3 is 2.14 bits per heavy atom. The van der Waals surface area contributed by atoms with Crippen LogP contribution in [0.3, 0.4) is 0 Å². The van der Waals surface area contributed by atoms with E-state index >= 15 is 0 Å². The van der Waals surface area contributed by atoms with Gasteiger partial charge >= 0.3 is 0 Å². The van der Waals surface area contributed by atoms with E-state index in [1.807, 2.05) is 6.92 Å². The summed E-state index contributed by atoms with van der Waals surface area (Å²) >= 11 is 0. The molecule has 0 radical (unpaired) electrons. The minimum absolute atomic E-state index is 0.0497. The molecule has 0 fully saturated rings. The van der Waals surface area contributed by atoms with Gasteiger partial charge in [0.25, 0.3) is 0 Å². The highest BCUT2D eigenvalue weighted by Crippen LogP contribution is 2.23. The van der Waals surface area contributed by atoms with E-state index in [9.17, 15) is 8.78 Å². The van der Waals surface area contributed by atoms with Gasteiger partial charge in [-0.25, -0.2) is 8.78 Å². The van der Waals surface area contributed by atoms with Gasteiger partial charge in [-0.2, -0.15) is 0 Å². The summed E-state index contributed by atoms with van der Waals surface area (Å²) in [4.78, 5) is 0. The Balaban J connectivity index is 2.13. The molecule has 0 amide bonds. The van der Waals surface area contributed by atoms with Gasteiger partial charge in [-0.05, 0) is 43.5 Å². The van der Waals surface area contributed by atoms with Crippen LogP contribution in [-0.4, -0.2) is 0 Å². The molecule has 112 valence electrons. The number of aryl methyl sites for hydroxylation is 1. The summed E-state index contributed by atoms with van der Waals surface area (Å²) in [5.74, 6) is -1.61. The molecule has 0 bridgehead atoms. The standard InChI is InChI=1S/C18H21F2N/c1-4-18(14-7-5-12(2)6-8-14)21-13(3)15-9-10-16(19)17(20)11-15/h5-11,13,18,21H,4H2,1-3H3. The lowest BCUT2D eigenvalue weighted by Crippen LogP contribution is -2.24. The average molecular weight is 289 g/mol. The fourth-order valence-electron chi connectivity index (χ4n) is 2.43. The van der Waals surface area contributed by atoms with Gasteiger partial charge in [0.05, 0.1) is 0 Å². The second kappa shape index (κ2) is 6.81. The number of hydrogen-bond donors (Lipinski definition) is 1. The topological polar surface area (TPSA) is 12.0 Å². The molecule has 2 rings (SSSR count). The molecule has 2 atom stereocenters. The third kappa shape index (κ3) is 3.88. The largest absolute Gasteiger partial charge is 0.303 e. The monoisotopic (exact) mass is 289 g/mol. The Kier molecular flexibility index (Phi) is 5.07. The first kappa shape index (κ1) is 15.6. The second-order valence-electron chi connectivity index (χ2n) is 5.43. The molecule has 0 aliphatic heterocycles. The lowest BCUT2D eigenvalue weighted by molar-refractivity contribution is 0.451. The third-order valence-corrected chi connectivity index (χ3v) is 3.78. The highest BCUT2D eigenvalue weighted by molar-refractivity contribution is 5.25. The Bertz CT molecular complexity index is 593. The maximum atomic E-state index is 13.3. The number of halogens is 2. The van der Waals surface area contributed by atoms with Crippen molar-refractivity contribution >= 4 is 0 Å². The van der Waals surface area contributed by atoms with Crippen molar-refractivity contribution in [3.05, 3.63) is 70.8 Å². The fraction of sp³-hybridized carbons (Fsp3) is 0.333. The van der Waals surface area contributed by atoms with Crippen LogP contribution in [0.4, 0.5) is 8.78 Å². The number of rotatable bonds is 5.